The number of piperidine rings is 1. The molecule has 1 saturated heterocycles. The molecule has 0 spiro atoms. The van der Waals surface area contributed by atoms with Crippen LogP contribution in [0, 0.1) is 5.92 Å². The summed E-state index contributed by atoms with van der Waals surface area (Å²) in [5, 5.41) is 0. The van der Waals surface area contributed by atoms with E-state index in [1.54, 1.807) is 6.07 Å². The van der Waals surface area contributed by atoms with Gasteiger partial charge in [0, 0.05) is 18.7 Å². The molecule has 1 aromatic rings. The molecule has 4 heteroatoms. The van der Waals surface area contributed by atoms with Gasteiger partial charge in [-0.25, -0.2) is 4.79 Å². The van der Waals surface area contributed by atoms with E-state index in [4.69, 9.17) is 4.74 Å². The number of ether oxygens (including phenoxy) is 1. The Morgan fingerprint density at radius 3 is 2.86 bits per heavy atom. The lowest BCUT2D eigenvalue weighted by Crippen LogP contribution is -2.36. The van der Waals surface area contributed by atoms with Crippen LogP contribution in [0.2, 0.25) is 0 Å². The van der Waals surface area contributed by atoms with Crippen molar-refractivity contribution in [1.82, 2.24) is 4.90 Å². The third-order valence-corrected chi connectivity index (χ3v) is 4.57. The summed E-state index contributed by atoms with van der Waals surface area (Å²) in [4.78, 5) is 18.7. The molecule has 1 fully saturated rings. The maximum atomic E-state index is 11.7. The molecule has 0 aliphatic carbocycles. The van der Waals surface area contributed by atoms with Crippen molar-refractivity contribution in [2.45, 2.75) is 25.7 Å². The van der Waals surface area contributed by atoms with Crippen molar-refractivity contribution in [3.63, 3.8) is 0 Å². The first kappa shape index (κ1) is 14.3. The van der Waals surface area contributed by atoms with Gasteiger partial charge in [0.05, 0.1) is 18.4 Å². The predicted molar refractivity (Wildman–Crippen MR) is 83.5 cm³/mol. The molecule has 112 valence electrons. The number of hydrogen-bond acceptors (Lipinski definition) is 4. The number of rotatable bonds is 3. The highest BCUT2D eigenvalue weighted by Gasteiger charge is 2.25. The van der Waals surface area contributed by atoms with Gasteiger partial charge in [-0.3, -0.25) is 4.99 Å². The van der Waals surface area contributed by atoms with Gasteiger partial charge < -0.3 is 9.64 Å². The lowest BCUT2D eigenvalue weighted by Gasteiger charge is -2.31. The third-order valence-electron chi connectivity index (χ3n) is 4.57. The number of methoxy groups -OCH3 is 1. The van der Waals surface area contributed by atoms with Crippen LogP contribution >= 0.6 is 0 Å². The number of hydrogen-bond donors (Lipinski definition) is 0. The summed E-state index contributed by atoms with van der Waals surface area (Å²) in [7, 11) is 1.42. The highest BCUT2D eigenvalue weighted by Crippen LogP contribution is 2.34. The first-order chi connectivity index (χ1) is 10.2. The fourth-order valence-electron chi connectivity index (χ4n) is 3.13. The number of nitrogens with zero attached hydrogens (tertiary/aromatic N) is 2. The molecular weight excluding hydrogens is 264 g/mol. The number of likely N-dealkylation sites (tertiary alicyclic amines) is 1. The minimum atomic E-state index is -0.282. The zero-order valence-corrected chi connectivity index (χ0v) is 12.7. The Balaban J connectivity index is 1.73. The van der Waals surface area contributed by atoms with Crippen LogP contribution in [0.3, 0.4) is 0 Å². The number of esters is 1. The number of fused-ring (bicyclic) bond motifs is 1. The first-order valence-electron chi connectivity index (χ1n) is 7.66. The van der Waals surface area contributed by atoms with Crippen molar-refractivity contribution in [2.75, 3.05) is 26.7 Å². The molecule has 0 amide bonds. The molecule has 0 aromatic heterocycles. The Morgan fingerprint density at radius 1 is 1.38 bits per heavy atom. The fourth-order valence-corrected chi connectivity index (χ4v) is 3.13. The average Bonchev–Trinajstić information content (AvgIpc) is 2.91. The lowest BCUT2D eigenvalue weighted by atomic mass is 9.95. The monoisotopic (exact) mass is 286 g/mol. The highest BCUT2D eigenvalue weighted by molar-refractivity contribution is 5.92. The van der Waals surface area contributed by atoms with E-state index in [1.807, 2.05) is 18.3 Å². The van der Waals surface area contributed by atoms with Crippen molar-refractivity contribution in [3.05, 3.63) is 29.3 Å². The van der Waals surface area contributed by atoms with Crippen LogP contribution in [-0.2, 0) is 4.74 Å². The summed E-state index contributed by atoms with van der Waals surface area (Å²) >= 11 is 0. The zero-order valence-electron chi connectivity index (χ0n) is 12.7. The summed E-state index contributed by atoms with van der Waals surface area (Å²) in [5.41, 5.74) is 2.74. The van der Waals surface area contributed by atoms with Gasteiger partial charge in [-0.05, 0) is 55.6 Å². The molecule has 0 bridgehead atoms. The highest BCUT2D eigenvalue weighted by atomic mass is 16.5. The number of carbonyl (C=O) groups is 1. The van der Waals surface area contributed by atoms with Gasteiger partial charge in [0.25, 0.3) is 0 Å². The molecule has 4 nitrogen and oxygen atoms in total. The number of benzene rings is 1. The molecule has 2 heterocycles. The van der Waals surface area contributed by atoms with Gasteiger partial charge in [-0.1, -0.05) is 6.92 Å². The topological polar surface area (TPSA) is 41.9 Å². The minimum absolute atomic E-state index is 0.282. The van der Waals surface area contributed by atoms with Crippen molar-refractivity contribution in [2.24, 2.45) is 10.9 Å². The smallest absolute Gasteiger partial charge is 0.337 e. The van der Waals surface area contributed by atoms with Crippen LogP contribution in [0.5, 0.6) is 0 Å². The van der Waals surface area contributed by atoms with Gasteiger partial charge in [-0.2, -0.15) is 0 Å². The van der Waals surface area contributed by atoms with Crippen LogP contribution < -0.4 is 0 Å². The zero-order chi connectivity index (χ0) is 14.8. The summed E-state index contributed by atoms with van der Waals surface area (Å²) in [6.45, 7) is 5.65. The van der Waals surface area contributed by atoms with Crippen molar-refractivity contribution < 1.29 is 9.53 Å². The van der Waals surface area contributed by atoms with Gasteiger partial charge in [0.1, 0.15) is 0 Å². The summed E-state index contributed by atoms with van der Waals surface area (Å²) < 4.78 is 4.80. The summed E-state index contributed by atoms with van der Waals surface area (Å²) in [5.74, 6) is 0.852. The quantitative estimate of drug-likeness (QED) is 0.802. The van der Waals surface area contributed by atoms with E-state index in [1.165, 1.54) is 20.0 Å². The van der Waals surface area contributed by atoms with Crippen LogP contribution in [0.4, 0.5) is 5.69 Å². The Kier molecular flexibility index (Phi) is 4.06. The molecular formula is C17H22N2O2. The van der Waals surface area contributed by atoms with E-state index >= 15 is 0 Å². The Labute approximate surface area is 125 Å². The predicted octanol–water partition coefficient (Wildman–Crippen LogP) is 3.00. The van der Waals surface area contributed by atoms with Crippen molar-refractivity contribution in [3.8, 4) is 0 Å². The summed E-state index contributed by atoms with van der Waals surface area (Å²) in [6.07, 6.45) is 4.57. The average molecular weight is 286 g/mol. The molecule has 2 aliphatic rings. The normalized spacial score (nSPS) is 22.3. The molecule has 21 heavy (non-hydrogen) atoms. The molecule has 2 aliphatic heterocycles. The number of carbonyl (C=O) groups excluding carboxylic acids is 1. The Hall–Kier alpha value is -1.68. The molecule has 0 radical (unpaired) electrons. The molecule has 1 atom stereocenters. The Bertz CT molecular complexity index is 560. The van der Waals surface area contributed by atoms with Crippen molar-refractivity contribution >= 4 is 17.9 Å². The van der Waals surface area contributed by atoms with Gasteiger partial charge >= 0.3 is 5.97 Å². The second kappa shape index (κ2) is 5.98. The largest absolute Gasteiger partial charge is 0.465 e. The third kappa shape index (κ3) is 3.00. The standard InChI is InChI=1S/C17H22N2O2/c1-12-5-7-19(8-6-12)11-14-10-18-16-4-3-13(9-15(14)16)17(20)21-2/h3-4,9-10,12,14H,5-8,11H2,1-2H3. The van der Waals surface area contributed by atoms with Crippen LogP contribution in [-0.4, -0.2) is 43.8 Å². The van der Waals surface area contributed by atoms with Crippen LogP contribution in [0.15, 0.2) is 23.2 Å². The molecule has 0 N–H and O–H groups in total. The van der Waals surface area contributed by atoms with E-state index in [0.29, 0.717) is 5.56 Å². The van der Waals surface area contributed by atoms with E-state index in [2.05, 4.69) is 16.8 Å². The SMILES string of the molecule is COC(=O)c1ccc2c(c1)C(CN1CCC(C)CC1)C=N2. The second-order valence-electron chi connectivity index (χ2n) is 6.13. The van der Waals surface area contributed by atoms with Gasteiger partial charge in [0.15, 0.2) is 0 Å². The van der Waals surface area contributed by atoms with Crippen LogP contribution in [0.1, 0.15) is 41.6 Å². The van der Waals surface area contributed by atoms with Crippen molar-refractivity contribution in [1.29, 1.82) is 0 Å². The maximum Gasteiger partial charge on any atom is 0.337 e. The lowest BCUT2D eigenvalue weighted by molar-refractivity contribution is 0.0600. The van der Waals surface area contributed by atoms with E-state index in [9.17, 15) is 4.79 Å². The fraction of sp³-hybridized carbons (Fsp3) is 0.529. The first-order valence-corrected chi connectivity index (χ1v) is 7.66. The molecule has 0 saturated carbocycles. The van der Waals surface area contributed by atoms with Crippen LogP contribution in [0.25, 0.3) is 0 Å². The molecule has 1 aromatic carbocycles. The number of aliphatic imine (C=N–C) groups is 1. The summed E-state index contributed by atoms with van der Waals surface area (Å²) in [6, 6.07) is 5.63. The van der Waals surface area contributed by atoms with E-state index < -0.39 is 0 Å². The molecule has 3 rings (SSSR count). The van der Waals surface area contributed by atoms with Gasteiger partial charge in [0.2, 0.25) is 0 Å². The minimum Gasteiger partial charge on any atom is -0.465 e. The van der Waals surface area contributed by atoms with Gasteiger partial charge in [-0.15, -0.1) is 0 Å². The Morgan fingerprint density at radius 2 is 2.14 bits per heavy atom. The maximum absolute atomic E-state index is 11.7. The molecule has 1 unspecified atom stereocenters. The van der Waals surface area contributed by atoms with E-state index in [-0.39, 0.29) is 11.9 Å². The van der Waals surface area contributed by atoms with E-state index in [0.717, 1.165) is 36.8 Å². The second-order valence-corrected chi connectivity index (χ2v) is 6.13.